The number of rotatable bonds is 4. The Morgan fingerprint density at radius 2 is 1.83 bits per heavy atom. The number of anilines is 2. The summed E-state index contributed by atoms with van der Waals surface area (Å²) in [5.74, 6) is 0.498. The van der Waals surface area contributed by atoms with Crippen LogP contribution in [-0.2, 0) is 6.54 Å². The van der Waals surface area contributed by atoms with Crippen molar-refractivity contribution in [1.29, 1.82) is 5.26 Å². The summed E-state index contributed by atoms with van der Waals surface area (Å²) in [4.78, 5) is 30.7. The molecule has 35 heavy (non-hydrogen) atoms. The number of carbonyl (C=O) groups excluding carboxylic acids is 1. The normalized spacial score (nSPS) is 22.8. The summed E-state index contributed by atoms with van der Waals surface area (Å²) in [6, 6.07) is 10.4. The fourth-order valence-electron chi connectivity index (χ4n) is 6.24. The van der Waals surface area contributed by atoms with Gasteiger partial charge in [0.25, 0.3) is 11.5 Å². The van der Waals surface area contributed by atoms with Gasteiger partial charge in [0.2, 0.25) is 0 Å². The number of hydrogen-bond donors (Lipinski definition) is 2. The van der Waals surface area contributed by atoms with Crippen LogP contribution in [0.15, 0.2) is 35.3 Å². The van der Waals surface area contributed by atoms with Crippen LogP contribution >= 0.6 is 0 Å². The molecule has 0 radical (unpaired) electrons. The van der Waals surface area contributed by atoms with E-state index in [-0.39, 0.29) is 23.4 Å². The SMILES string of the molecule is N#CC1CCCC[C@@H]1n1nc(Nc2ccc3c(c2)CN(C2CCCCC2)C3=O)c2c(=O)[nH]ccc21. The molecule has 6 rings (SSSR count). The van der Waals surface area contributed by atoms with Crippen LogP contribution in [0.3, 0.4) is 0 Å². The van der Waals surface area contributed by atoms with Gasteiger partial charge < -0.3 is 15.2 Å². The second kappa shape index (κ2) is 8.88. The molecular weight excluding hydrogens is 440 g/mol. The van der Waals surface area contributed by atoms with Crippen molar-refractivity contribution in [3.05, 3.63) is 51.9 Å². The quantitative estimate of drug-likeness (QED) is 0.557. The fourth-order valence-corrected chi connectivity index (χ4v) is 6.24. The van der Waals surface area contributed by atoms with Crippen molar-refractivity contribution in [2.24, 2.45) is 5.92 Å². The Morgan fingerprint density at radius 3 is 2.66 bits per heavy atom. The topological polar surface area (TPSA) is 107 Å². The zero-order valence-electron chi connectivity index (χ0n) is 19.8. The number of fused-ring (bicyclic) bond motifs is 2. The summed E-state index contributed by atoms with van der Waals surface area (Å²) in [5, 5.41) is 18.4. The lowest BCUT2D eigenvalue weighted by Gasteiger charge is -2.30. The molecule has 0 spiro atoms. The van der Waals surface area contributed by atoms with Gasteiger partial charge in [-0.1, -0.05) is 32.1 Å². The van der Waals surface area contributed by atoms with E-state index in [2.05, 4.69) is 16.4 Å². The van der Waals surface area contributed by atoms with Gasteiger partial charge in [-0.05, 0) is 55.5 Å². The van der Waals surface area contributed by atoms with Crippen LogP contribution in [0.25, 0.3) is 10.9 Å². The van der Waals surface area contributed by atoms with Crippen LogP contribution in [0.2, 0.25) is 0 Å². The van der Waals surface area contributed by atoms with Crippen molar-refractivity contribution in [2.75, 3.05) is 5.32 Å². The second-order valence-electron chi connectivity index (χ2n) is 10.2. The lowest BCUT2D eigenvalue weighted by atomic mass is 9.85. The number of nitriles is 1. The summed E-state index contributed by atoms with van der Waals surface area (Å²) in [6.45, 7) is 0.635. The summed E-state index contributed by atoms with van der Waals surface area (Å²) >= 11 is 0. The highest BCUT2D eigenvalue weighted by Gasteiger charge is 2.34. The lowest BCUT2D eigenvalue weighted by molar-refractivity contribution is 0.0660. The first-order valence-electron chi connectivity index (χ1n) is 12.8. The molecule has 3 aromatic rings. The number of hydrogen-bond acceptors (Lipinski definition) is 5. The second-order valence-corrected chi connectivity index (χ2v) is 10.2. The minimum atomic E-state index is -0.208. The van der Waals surface area contributed by atoms with Crippen LogP contribution < -0.4 is 10.9 Å². The third-order valence-electron chi connectivity index (χ3n) is 8.06. The Morgan fingerprint density at radius 1 is 1.03 bits per heavy atom. The van der Waals surface area contributed by atoms with Gasteiger partial charge >= 0.3 is 0 Å². The first-order chi connectivity index (χ1) is 17.1. The van der Waals surface area contributed by atoms with Crippen molar-refractivity contribution in [3.63, 3.8) is 0 Å². The number of aromatic amines is 1. The molecule has 1 aliphatic heterocycles. The zero-order valence-corrected chi connectivity index (χ0v) is 19.8. The van der Waals surface area contributed by atoms with Crippen LogP contribution in [0, 0.1) is 17.2 Å². The standard InChI is InChI=1S/C27H30N6O2/c28-15-17-6-4-5-9-22(17)33-23-12-13-29-26(34)24(23)25(31-33)30-19-10-11-21-18(14-19)16-32(27(21)35)20-7-2-1-3-8-20/h10-14,17,20,22H,1-9,16H2,(H,29,34)(H,30,31)/t17?,22-/m0/s1. The van der Waals surface area contributed by atoms with Crippen molar-refractivity contribution in [3.8, 4) is 6.07 Å². The number of H-pyrrole nitrogens is 1. The number of amides is 1. The largest absolute Gasteiger partial charge is 0.338 e. The van der Waals surface area contributed by atoms with Crippen molar-refractivity contribution >= 4 is 28.3 Å². The Balaban J connectivity index is 1.33. The smallest absolute Gasteiger partial charge is 0.261 e. The number of pyridine rings is 1. The van der Waals surface area contributed by atoms with Gasteiger partial charge in [0.1, 0.15) is 5.39 Å². The highest BCUT2D eigenvalue weighted by atomic mass is 16.2. The van der Waals surface area contributed by atoms with Gasteiger partial charge in [0, 0.05) is 30.0 Å². The predicted octanol–water partition coefficient (Wildman–Crippen LogP) is 5.01. The fraction of sp³-hybridized carbons (Fsp3) is 0.481. The monoisotopic (exact) mass is 470 g/mol. The molecule has 2 fully saturated rings. The Bertz CT molecular complexity index is 1380. The van der Waals surface area contributed by atoms with Gasteiger partial charge in [-0.2, -0.15) is 10.4 Å². The minimum absolute atomic E-state index is 0.0460. The van der Waals surface area contributed by atoms with Crippen molar-refractivity contribution < 1.29 is 4.79 Å². The number of benzene rings is 1. The molecule has 2 atom stereocenters. The number of aromatic nitrogens is 3. The van der Waals surface area contributed by atoms with Gasteiger partial charge in [0.05, 0.1) is 23.5 Å². The van der Waals surface area contributed by atoms with E-state index >= 15 is 0 Å². The summed E-state index contributed by atoms with van der Waals surface area (Å²) in [6.07, 6.45) is 11.3. The van der Waals surface area contributed by atoms with Gasteiger partial charge in [-0.25, -0.2) is 0 Å². The molecule has 1 amide bonds. The van der Waals surface area contributed by atoms with Crippen LogP contribution in [0.1, 0.15) is 79.8 Å². The van der Waals surface area contributed by atoms with Gasteiger partial charge in [-0.3, -0.25) is 14.3 Å². The van der Waals surface area contributed by atoms with E-state index in [1.54, 1.807) is 6.20 Å². The molecule has 2 saturated carbocycles. The number of nitrogens with one attached hydrogen (secondary N) is 2. The zero-order chi connectivity index (χ0) is 23.9. The van der Waals surface area contributed by atoms with E-state index in [1.165, 1.54) is 19.3 Å². The van der Waals surface area contributed by atoms with Crippen molar-refractivity contribution in [1.82, 2.24) is 19.7 Å². The molecule has 1 unspecified atom stereocenters. The molecule has 8 heteroatoms. The first-order valence-corrected chi connectivity index (χ1v) is 12.8. The molecule has 0 bridgehead atoms. The molecule has 8 nitrogen and oxygen atoms in total. The first kappa shape index (κ1) is 21.9. The predicted molar refractivity (Wildman–Crippen MR) is 133 cm³/mol. The average molecular weight is 471 g/mol. The van der Waals surface area contributed by atoms with Crippen LogP contribution in [0.4, 0.5) is 11.5 Å². The summed E-state index contributed by atoms with van der Waals surface area (Å²) in [7, 11) is 0. The van der Waals surface area contributed by atoms with Crippen LogP contribution in [-0.4, -0.2) is 31.6 Å². The maximum Gasteiger partial charge on any atom is 0.261 e. The van der Waals surface area contributed by atoms with E-state index in [0.29, 0.717) is 23.8 Å². The van der Waals surface area contributed by atoms with E-state index in [4.69, 9.17) is 5.10 Å². The van der Waals surface area contributed by atoms with Gasteiger partial charge in [0.15, 0.2) is 5.82 Å². The third kappa shape index (κ3) is 3.79. The summed E-state index contributed by atoms with van der Waals surface area (Å²) in [5.41, 5.74) is 3.12. The van der Waals surface area contributed by atoms with E-state index in [9.17, 15) is 14.9 Å². The lowest BCUT2D eigenvalue weighted by Crippen LogP contribution is -2.36. The molecule has 2 aromatic heterocycles. The van der Waals surface area contributed by atoms with Crippen molar-refractivity contribution in [2.45, 2.75) is 76.4 Å². The molecular formula is C27H30N6O2. The molecule has 3 aliphatic rings. The molecule has 1 aromatic carbocycles. The van der Waals surface area contributed by atoms with Gasteiger partial charge in [-0.15, -0.1) is 0 Å². The van der Waals surface area contributed by atoms with Crippen LogP contribution in [0.5, 0.6) is 0 Å². The maximum absolute atomic E-state index is 13.0. The number of carbonyl (C=O) groups is 1. The molecule has 2 N–H and O–H groups in total. The highest BCUT2D eigenvalue weighted by molar-refractivity contribution is 5.99. The highest BCUT2D eigenvalue weighted by Crippen LogP contribution is 2.37. The number of nitrogens with zero attached hydrogens (tertiary/aromatic N) is 4. The molecule has 180 valence electrons. The van der Waals surface area contributed by atoms with E-state index < -0.39 is 0 Å². The van der Waals surface area contributed by atoms with E-state index in [0.717, 1.165) is 60.9 Å². The third-order valence-corrected chi connectivity index (χ3v) is 8.06. The minimum Gasteiger partial charge on any atom is -0.338 e. The summed E-state index contributed by atoms with van der Waals surface area (Å²) < 4.78 is 1.88. The molecule has 0 saturated heterocycles. The Kier molecular flexibility index (Phi) is 5.56. The Hall–Kier alpha value is -3.60. The average Bonchev–Trinajstić information content (AvgIpc) is 3.42. The molecule has 3 heterocycles. The van der Waals surface area contributed by atoms with E-state index in [1.807, 2.05) is 33.8 Å². The Labute approximate surface area is 203 Å². The maximum atomic E-state index is 13.0. The molecule has 2 aliphatic carbocycles.